The first-order valence-electron chi connectivity index (χ1n) is 4.77. The van der Waals surface area contributed by atoms with Gasteiger partial charge in [-0.15, -0.1) is 0 Å². The Morgan fingerprint density at radius 1 is 1.60 bits per heavy atom. The summed E-state index contributed by atoms with van der Waals surface area (Å²) >= 11 is 0. The maximum absolute atomic E-state index is 11.0. The molecule has 0 aliphatic carbocycles. The molecule has 15 heavy (non-hydrogen) atoms. The van der Waals surface area contributed by atoms with Gasteiger partial charge in [0.1, 0.15) is 5.82 Å². The van der Waals surface area contributed by atoms with Gasteiger partial charge in [0.15, 0.2) is 0 Å². The van der Waals surface area contributed by atoms with Crippen LogP contribution in [-0.2, 0) is 9.53 Å². The molecule has 4 nitrogen and oxygen atoms in total. The van der Waals surface area contributed by atoms with Crippen molar-refractivity contribution in [3.63, 3.8) is 0 Å². The van der Waals surface area contributed by atoms with Gasteiger partial charge in [0.25, 0.3) is 0 Å². The molecule has 1 aromatic rings. The zero-order valence-electron chi connectivity index (χ0n) is 8.64. The lowest BCUT2D eigenvalue weighted by Gasteiger charge is -1.97. The van der Waals surface area contributed by atoms with Gasteiger partial charge in [-0.05, 0) is 25.1 Å². The Morgan fingerprint density at radius 3 is 3.07 bits per heavy atom. The lowest BCUT2D eigenvalue weighted by Crippen LogP contribution is -2.01. The lowest BCUT2D eigenvalue weighted by molar-refractivity contribution is -0.142. The van der Waals surface area contributed by atoms with Gasteiger partial charge in [-0.3, -0.25) is 4.79 Å². The average molecular weight is 206 g/mol. The second-order valence-electron chi connectivity index (χ2n) is 2.90. The van der Waals surface area contributed by atoms with Gasteiger partial charge in [-0.25, -0.2) is 4.98 Å². The highest BCUT2D eigenvalue weighted by atomic mass is 16.5. The summed E-state index contributed by atoms with van der Waals surface area (Å²) in [4.78, 5) is 15.0. The quantitative estimate of drug-likeness (QED) is 0.760. The highest BCUT2D eigenvalue weighted by Gasteiger charge is 1.96. The molecule has 0 aliphatic rings. The molecule has 0 spiro atoms. The van der Waals surface area contributed by atoms with Crippen molar-refractivity contribution in [2.75, 3.05) is 12.3 Å². The fourth-order valence-electron chi connectivity index (χ4n) is 1.06. The van der Waals surface area contributed by atoms with Gasteiger partial charge in [0.2, 0.25) is 0 Å². The van der Waals surface area contributed by atoms with Crippen LogP contribution in [0.5, 0.6) is 0 Å². The third kappa shape index (κ3) is 4.26. The minimum Gasteiger partial charge on any atom is -0.466 e. The van der Waals surface area contributed by atoms with E-state index in [1.54, 1.807) is 25.1 Å². The van der Waals surface area contributed by atoms with Crippen molar-refractivity contribution in [3.8, 4) is 0 Å². The maximum atomic E-state index is 11.0. The Balaban J connectivity index is 2.48. The number of nitrogens with two attached hydrogens (primary N) is 1. The standard InChI is InChI=1S/C11H14N2O2/c1-2-15-11(14)8-4-6-9-5-3-7-10(12)13-9/h3-7H,2,8H2,1H3,(H2,12,13). The van der Waals surface area contributed by atoms with E-state index in [1.165, 1.54) is 0 Å². The Morgan fingerprint density at radius 2 is 2.40 bits per heavy atom. The van der Waals surface area contributed by atoms with Crippen LogP contribution in [0.4, 0.5) is 5.82 Å². The molecule has 0 saturated heterocycles. The number of ether oxygens (including phenoxy) is 1. The zero-order chi connectivity index (χ0) is 11.1. The van der Waals surface area contributed by atoms with Crippen molar-refractivity contribution in [1.29, 1.82) is 0 Å². The highest BCUT2D eigenvalue weighted by Crippen LogP contribution is 2.03. The molecular weight excluding hydrogens is 192 g/mol. The second-order valence-corrected chi connectivity index (χ2v) is 2.90. The maximum Gasteiger partial charge on any atom is 0.309 e. The third-order valence-corrected chi connectivity index (χ3v) is 1.67. The smallest absolute Gasteiger partial charge is 0.309 e. The van der Waals surface area contributed by atoms with Crippen molar-refractivity contribution in [2.45, 2.75) is 13.3 Å². The predicted octanol–water partition coefficient (Wildman–Crippen LogP) is 1.63. The number of aromatic nitrogens is 1. The van der Waals surface area contributed by atoms with Gasteiger partial charge < -0.3 is 10.5 Å². The van der Waals surface area contributed by atoms with E-state index in [1.807, 2.05) is 12.1 Å². The van der Waals surface area contributed by atoms with Crippen molar-refractivity contribution in [2.24, 2.45) is 0 Å². The van der Waals surface area contributed by atoms with Crippen LogP contribution in [0.1, 0.15) is 19.0 Å². The predicted molar refractivity (Wildman–Crippen MR) is 58.9 cm³/mol. The van der Waals surface area contributed by atoms with E-state index in [-0.39, 0.29) is 12.4 Å². The summed E-state index contributed by atoms with van der Waals surface area (Å²) in [6, 6.07) is 5.34. The third-order valence-electron chi connectivity index (χ3n) is 1.67. The first-order valence-corrected chi connectivity index (χ1v) is 4.77. The summed E-state index contributed by atoms with van der Waals surface area (Å²) in [6.45, 7) is 2.18. The number of hydrogen-bond donors (Lipinski definition) is 1. The molecule has 0 amide bonds. The van der Waals surface area contributed by atoms with Crippen LogP contribution in [0.3, 0.4) is 0 Å². The van der Waals surface area contributed by atoms with Crippen LogP contribution < -0.4 is 5.73 Å². The molecule has 2 N–H and O–H groups in total. The fourth-order valence-corrected chi connectivity index (χ4v) is 1.06. The van der Waals surface area contributed by atoms with Gasteiger partial charge >= 0.3 is 5.97 Å². The van der Waals surface area contributed by atoms with Crippen molar-refractivity contribution in [1.82, 2.24) is 4.98 Å². The summed E-state index contributed by atoms with van der Waals surface area (Å²) in [7, 11) is 0. The number of esters is 1. The second kappa shape index (κ2) is 5.80. The van der Waals surface area contributed by atoms with E-state index in [4.69, 9.17) is 10.5 Å². The van der Waals surface area contributed by atoms with Crippen LogP contribution in [0.25, 0.3) is 6.08 Å². The van der Waals surface area contributed by atoms with Crippen molar-refractivity contribution >= 4 is 17.9 Å². The van der Waals surface area contributed by atoms with Gasteiger partial charge in [0.05, 0.1) is 18.7 Å². The van der Waals surface area contributed by atoms with Crippen LogP contribution in [0.2, 0.25) is 0 Å². The normalized spacial score (nSPS) is 10.5. The van der Waals surface area contributed by atoms with E-state index >= 15 is 0 Å². The molecule has 0 aromatic carbocycles. The summed E-state index contributed by atoms with van der Waals surface area (Å²) in [6.07, 6.45) is 3.71. The first kappa shape index (κ1) is 11.2. The van der Waals surface area contributed by atoms with Crippen LogP contribution >= 0.6 is 0 Å². The van der Waals surface area contributed by atoms with E-state index in [0.717, 1.165) is 5.69 Å². The number of pyridine rings is 1. The number of nitrogens with zero attached hydrogens (tertiary/aromatic N) is 1. The Kier molecular flexibility index (Phi) is 4.34. The number of nitrogen functional groups attached to an aromatic ring is 1. The fraction of sp³-hybridized carbons (Fsp3) is 0.273. The number of rotatable bonds is 4. The van der Waals surface area contributed by atoms with Crippen LogP contribution in [0, 0.1) is 0 Å². The molecule has 0 saturated carbocycles. The lowest BCUT2D eigenvalue weighted by atomic mass is 10.3. The molecule has 0 bridgehead atoms. The Hall–Kier alpha value is -1.84. The molecule has 0 atom stereocenters. The summed E-state index contributed by atoms with van der Waals surface area (Å²) in [5, 5.41) is 0. The number of anilines is 1. The van der Waals surface area contributed by atoms with E-state index < -0.39 is 0 Å². The molecule has 4 heteroatoms. The summed E-state index contributed by atoms with van der Waals surface area (Å²) in [5.74, 6) is 0.228. The summed E-state index contributed by atoms with van der Waals surface area (Å²) in [5.41, 5.74) is 6.24. The molecule has 80 valence electrons. The Bertz CT molecular complexity index is 361. The zero-order valence-corrected chi connectivity index (χ0v) is 8.64. The minimum absolute atomic E-state index is 0.238. The highest BCUT2D eigenvalue weighted by molar-refractivity contribution is 5.72. The number of carbonyl (C=O) groups excluding carboxylic acids is 1. The van der Waals surface area contributed by atoms with Crippen molar-refractivity contribution < 1.29 is 9.53 Å². The van der Waals surface area contributed by atoms with Gasteiger partial charge in [-0.2, -0.15) is 0 Å². The molecule has 1 heterocycles. The molecule has 1 aromatic heterocycles. The molecule has 0 radical (unpaired) electrons. The molecular formula is C11H14N2O2. The Labute approximate surface area is 88.8 Å². The molecule has 1 rings (SSSR count). The van der Waals surface area contributed by atoms with E-state index in [0.29, 0.717) is 12.4 Å². The number of carbonyl (C=O) groups is 1. The van der Waals surface area contributed by atoms with Gasteiger partial charge in [-0.1, -0.05) is 12.1 Å². The first-order chi connectivity index (χ1) is 7.22. The number of hydrogen-bond acceptors (Lipinski definition) is 4. The van der Waals surface area contributed by atoms with Gasteiger partial charge in [0, 0.05) is 0 Å². The van der Waals surface area contributed by atoms with Crippen molar-refractivity contribution in [3.05, 3.63) is 30.0 Å². The van der Waals surface area contributed by atoms with E-state index in [9.17, 15) is 4.79 Å². The molecule has 0 aliphatic heterocycles. The largest absolute Gasteiger partial charge is 0.466 e. The molecule has 0 unspecified atom stereocenters. The minimum atomic E-state index is -0.238. The van der Waals surface area contributed by atoms with Crippen LogP contribution in [0.15, 0.2) is 24.3 Å². The summed E-state index contributed by atoms with van der Waals surface area (Å²) < 4.78 is 4.77. The monoisotopic (exact) mass is 206 g/mol. The molecule has 0 fully saturated rings. The average Bonchev–Trinajstić information content (AvgIpc) is 2.18. The van der Waals surface area contributed by atoms with E-state index in [2.05, 4.69) is 4.98 Å². The SMILES string of the molecule is CCOC(=O)CC=Cc1cccc(N)n1. The van der Waals surface area contributed by atoms with Crippen LogP contribution in [-0.4, -0.2) is 17.6 Å². The topological polar surface area (TPSA) is 65.2 Å².